The number of unbranched alkanes of at least 4 members (excludes halogenated alkanes) is 2. The first kappa shape index (κ1) is 10.4. The summed E-state index contributed by atoms with van der Waals surface area (Å²) >= 11 is 0. The largest absolute Gasteiger partial charge is 0.392 e. The van der Waals surface area contributed by atoms with Crippen molar-refractivity contribution in [3.63, 3.8) is 0 Å². The maximum absolute atomic E-state index is 8.37. The van der Waals surface area contributed by atoms with Gasteiger partial charge < -0.3 is 10.2 Å². The highest BCUT2D eigenvalue weighted by atomic mass is 16.3. The van der Waals surface area contributed by atoms with Gasteiger partial charge in [0.05, 0.1) is 13.2 Å². The van der Waals surface area contributed by atoms with Gasteiger partial charge in [-0.05, 0) is 19.3 Å². The van der Waals surface area contributed by atoms with Crippen molar-refractivity contribution in [2.45, 2.75) is 19.3 Å². The average Bonchev–Trinajstić information content (AvgIpc) is 2.03. The maximum Gasteiger partial charge on any atom is 0.0612 e. The molecule has 0 aliphatic carbocycles. The molecule has 11 heavy (non-hydrogen) atoms. The molecule has 0 bridgehead atoms. The third-order valence-corrected chi connectivity index (χ3v) is 1.29. The minimum Gasteiger partial charge on any atom is -0.392 e. The van der Waals surface area contributed by atoms with Gasteiger partial charge in [0, 0.05) is 0 Å². The lowest BCUT2D eigenvalue weighted by molar-refractivity contribution is 0.342. The van der Waals surface area contributed by atoms with Gasteiger partial charge in [-0.15, -0.1) is 0 Å². The molecule has 0 radical (unpaired) electrons. The van der Waals surface area contributed by atoms with E-state index in [9.17, 15) is 0 Å². The first-order valence-electron chi connectivity index (χ1n) is 3.93. The van der Waals surface area contributed by atoms with Crippen LogP contribution in [0, 0.1) is 0 Å². The summed E-state index contributed by atoms with van der Waals surface area (Å²) in [5, 5.41) is 16.7. The molecule has 0 spiro atoms. The predicted octanol–water partition coefficient (Wildman–Crippen LogP) is 1.25. The monoisotopic (exact) mass is 156 g/mol. The van der Waals surface area contributed by atoms with E-state index in [1.54, 1.807) is 12.2 Å². The lowest BCUT2D eigenvalue weighted by Crippen LogP contribution is -1.74. The lowest BCUT2D eigenvalue weighted by atomic mass is 10.2. The molecule has 0 amide bonds. The second-order valence-electron chi connectivity index (χ2n) is 2.24. The van der Waals surface area contributed by atoms with Crippen LogP contribution in [0.1, 0.15) is 19.3 Å². The van der Waals surface area contributed by atoms with E-state index < -0.39 is 0 Å². The smallest absolute Gasteiger partial charge is 0.0612 e. The number of aliphatic hydroxyl groups is 2. The molecule has 0 unspecified atom stereocenters. The fourth-order valence-corrected chi connectivity index (χ4v) is 0.738. The van der Waals surface area contributed by atoms with Crippen molar-refractivity contribution in [3.05, 3.63) is 24.3 Å². The number of rotatable bonds is 6. The van der Waals surface area contributed by atoms with Crippen LogP contribution in [-0.4, -0.2) is 23.4 Å². The molecule has 2 N–H and O–H groups in total. The summed E-state index contributed by atoms with van der Waals surface area (Å²) in [5.41, 5.74) is 0. The first-order chi connectivity index (χ1) is 5.41. The van der Waals surface area contributed by atoms with Crippen LogP contribution in [0.3, 0.4) is 0 Å². The number of aliphatic hydroxyl groups excluding tert-OH is 2. The Morgan fingerprint density at radius 3 is 1.55 bits per heavy atom. The summed E-state index contributed by atoms with van der Waals surface area (Å²) in [5.74, 6) is 0. The Labute approximate surface area is 67.9 Å². The van der Waals surface area contributed by atoms with Crippen molar-refractivity contribution in [1.82, 2.24) is 0 Å². The van der Waals surface area contributed by atoms with Gasteiger partial charge in [0.15, 0.2) is 0 Å². The van der Waals surface area contributed by atoms with Crippen LogP contribution in [-0.2, 0) is 0 Å². The van der Waals surface area contributed by atoms with Gasteiger partial charge >= 0.3 is 0 Å². The zero-order valence-electron chi connectivity index (χ0n) is 6.74. The molecule has 0 aromatic rings. The molecule has 2 heteroatoms. The molecular formula is C9H16O2. The van der Waals surface area contributed by atoms with Gasteiger partial charge in [0.1, 0.15) is 0 Å². The molecule has 0 aliphatic rings. The summed E-state index contributed by atoms with van der Waals surface area (Å²) in [6.45, 7) is 0.263. The molecule has 2 nitrogen and oxygen atoms in total. The summed E-state index contributed by atoms with van der Waals surface area (Å²) < 4.78 is 0. The van der Waals surface area contributed by atoms with Crippen LogP contribution in [0.15, 0.2) is 24.3 Å². The molecule has 0 aliphatic heterocycles. The highest BCUT2D eigenvalue weighted by molar-refractivity contribution is 4.84. The second kappa shape index (κ2) is 9.40. The van der Waals surface area contributed by atoms with Gasteiger partial charge in [0.2, 0.25) is 0 Å². The summed E-state index contributed by atoms with van der Waals surface area (Å²) in [6.07, 6.45) is 10.5. The summed E-state index contributed by atoms with van der Waals surface area (Å²) in [4.78, 5) is 0. The van der Waals surface area contributed by atoms with Crippen LogP contribution >= 0.6 is 0 Å². The molecule has 0 saturated heterocycles. The normalized spacial score (nSPS) is 11.8. The standard InChI is InChI=1S/C9H16O2/c10-8-6-4-2-1-3-5-7-9-11/h4-7,10-11H,1-3,8-9H2. The Balaban J connectivity index is 3.02. The van der Waals surface area contributed by atoms with Crippen LogP contribution in [0.2, 0.25) is 0 Å². The molecule has 0 fully saturated rings. The topological polar surface area (TPSA) is 40.5 Å². The fraction of sp³-hybridized carbons (Fsp3) is 0.556. The van der Waals surface area contributed by atoms with E-state index in [1.165, 1.54) is 0 Å². The third kappa shape index (κ3) is 9.40. The van der Waals surface area contributed by atoms with Crippen LogP contribution < -0.4 is 0 Å². The van der Waals surface area contributed by atoms with Crippen molar-refractivity contribution in [2.24, 2.45) is 0 Å². The zero-order chi connectivity index (χ0) is 8.36. The predicted molar refractivity (Wildman–Crippen MR) is 46.3 cm³/mol. The molecule has 0 aromatic heterocycles. The maximum atomic E-state index is 8.37. The van der Waals surface area contributed by atoms with E-state index in [0.717, 1.165) is 19.3 Å². The van der Waals surface area contributed by atoms with Crippen LogP contribution in [0.4, 0.5) is 0 Å². The van der Waals surface area contributed by atoms with Crippen molar-refractivity contribution >= 4 is 0 Å². The van der Waals surface area contributed by atoms with Gasteiger partial charge in [0.25, 0.3) is 0 Å². The van der Waals surface area contributed by atoms with Crippen molar-refractivity contribution < 1.29 is 10.2 Å². The molecular weight excluding hydrogens is 140 g/mol. The van der Waals surface area contributed by atoms with E-state index in [2.05, 4.69) is 0 Å². The van der Waals surface area contributed by atoms with E-state index in [0.29, 0.717) is 0 Å². The molecule has 64 valence electrons. The minimum absolute atomic E-state index is 0.131. The van der Waals surface area contributed by atoms with Crippen molar-refractivity contribution in [2.75, 3.05) is 13.2 Å². The highest BCUT2D eigenvalue weighted by Gasteiger charge is 1.79. The average molecular weight is 156 g/mol. The van der Waals surface area contributed by atoms with Gasteiger partial charge in [-0.1, -0.05) is 24.3 Å². The fourth-order valence-electron chi connectivity index (χ4n) is 0.738. The van der Waals surface area contributed by atoms with E-state index >= 15 is 0 Å². The Kier molecular flexibility index (Phi) is 8.89. The summed E-state index contributed by atoms with van der Waals surface area (Å²) in [7, 11) is 0. The van der Waals surface area contributed by atoms with E-state index in [4.69, 9.17) is 10.2 Å². The van der Waals surface area contributed by atoms with E-state index in [1.807, 2.05) is 12.2 Å². The number of hydrogen-bond acceptors (Lipinski definition) is 2. The molecule has 0 aromatic carbocycles. The Morgan fingerprint density at radius 2 is 1.18 bits per heavy atom. The van der Waals surface area contributed by atoms with Crippen molar-refractivity contribution in [3.8, 4) is 0 Å². The van der Waals surface area contributed by atoms with Crippen LogP contribution in [0.5, 0.6) is 0 Å². The van der Waals surface area contributed by atoms with E-state index in [-0.39, 0.29) is 13.2 Å². The number of hydrogen-bond donors (Lipinski definition) is 2. The molecule has 0 rings (SSSR count). The first-order valence-corrected chi connectivity index (χ1v) is 3.93. The van der Waals surface area contributed by atoms with Gasteiger partial charge in [-0.3, -0.25) is 0 Å². The zero-order valence-corrected chi connectivity index (χ0v) is 6.74. The highest BCUT2D eigenvalue weighted by Crippen LogP contribution is 1.97. The molecule has 0 atom stereocenters. The minimum atomic E-state index is 0.131. The Bertz CT molecular complexity index is 103. The quantitative estimate of drug-likeness (QED) is 0.449. The van der Waals surface area contributed by atoms with Crippen molar-refractivity contribution in [1.29, 1.82) is 0 Å². The third-order valence-electron chi connectivity index (χ3n) is 1.29. The molecule has 0 heterocycles. The summed E-state index contributed by atoms with van der Waals surface area (Å²) in [6, 6.07) is 0. The SMILES string of the molecule is OCC=CCCCC=CCO. The van der Waals surface area contributed by atoms with Crippen LogP contribution in [0.25, 0.3) is 0 Å². The lowest BCUT2D eigenvalue weighted by Gasteiger charge is -1.88. The van der Waals surface area contributed by atoms with Gasteiger partial charge in [-0.25, -0.2) is 0 Å². The molecule has 0 saturated carbocycles. The Hall–Kier alpha value is -0.600. The second-order valence-corrected chi connectivity index (χ2v) is 2.24. The Morgan fingerprint density at radius 1 is 0.727 bits per heavy atom. The number of allylic oxidation sites excluding steroid dienone is 2. The van der Waals surface area contributed by atoms with Gasteiger partial charge in [-0.2, -0.15) is 0 Å².